The van der Waals surface area contributed by atoms with Gasteiger partial charge in [0.05, 0.1) is 29.2 Å². The van der Waals surface area contributed by atoms with Gasteiger partial charge in [0.15, 0.2) is 0 Å². The van der Waals surface area contributed by atoms with Crippen molar-refractivity contribution in [3.63, 3.8) is 0 Å². The molecule has 9 heteroatoms. The number of carboxylic acid groups (broad SMARTS) is 1. The van der Waals surface area contributed by atoms with Crippen molar-refractivity contribution in [3.05, 3.63) is 82.2 Å². The summed E-state index contributed by atoms with van der Waals surface area (Å²) in [5, 5.41) is 16.6. The second-order valence-electron chi connectivity index (χ2n) is 8.54. The minimum absolute atomic E-state index is 0.0184. The van der Waals surface area contributed by atoms with Gasteiger partial charge in [-0.1, -0.05) is 30.3 Å². The van der Waals surface area contributed by atoms with Crippen molar-refractivity contribution in [1.82, 2.24) is 19.1 Å². The zero-order valence-corrected chi connectivity index (χ0v) is 19.5. The molecule has 2 aromatic carbocycles. The monoisotopic (exact) mass is 459 g/mol. The Morgan fingerprint density at radius 3 is 2.50 bits per heavy atom. The third kappa shape index (κ3) is 4.42. The van der Waals surface area contributed by atoms with Crippen molar-refractivity contribution >= 4 is 22.8 Å². The van der Waals surface area contributed by atoms with E-state index in [4.69, 9.17) is 27.0 Å². The number of nitrogen functional groups attached to an aromatic ring is 1. The highest BCUT2D eigenvalue weighted by Gasteiger charge is 2.18. The summed E-state index contributed by atoms with van der Waals surface area (Å²) >= 11 is 0. The molecular weight excluding hydrogens is 430 g/mol. The lowest BCUT2D eigenvalue weighted by Gasteiger charge is -2.12. The topological polar surface area (TPSA) is 149 Å². The van der Waals surface area contributed by atoms with E-state index in [1.54, 1.807) is 12.1 Å². The van der Waals surface area contributed by atoms with Gasteiger partial charge in [0, 0.05) is 31.3 Å². The third-order valence-electron chi connectivity index (χ3n) is 6.28. The summed E-state index contributed by atoms with van der Waals surface area (Å²) in [7, 11) is 1.95. The lowest BCUT2D eigenvalue weighted by atomic mass is 10.0. The number of nitrogens with one attached hydrogen (secondary N) is 1. The van der Waals surface area contributed by atoms with Crippen molar-refractivity contribution in [1.29, 1.82) is 5.41 Å². The summed E-state index contributed by atoms with van der Waals surface area (Å²) in [6.45, 7) is 4.52. The number of carbonyl (C=O) groups is 1. The van der Waals surface area contributed by atoms with Crippen molar-refractivity contribution < 1.29 is 9.90 Å². The van der Waals surface area contributed by atoms with Gasteiger partial charge in [0.25, 0.3) is 0 Å². The van der Waals surface area contributed by atoms with Crippen LogP contribution in [-0.4, -0.2) is 36.0 Å². The Kier molecular flexibility index (Phi) is 6.21. The highest BCUT2D eigenvalue weighted by molar-refractivity contribution is 5.94. The average molecular weight is 460 g/mol. The van der Waals surface area contributed by atoms with Gasteiger partial charge in [-0.2, -0.15) is 0 Å². The van der Waals surface area contributed by atoms with Crippen molar-refractivity contribution in [3.8, 4) is 0 Å². The molecule has 2 aromatic heterocycles. The molecule has 4 rings (SSSR count). The van der Waals surface area contributed by atoms with E-state index in [1.807, 2.05) is 49.7 Å². The molecule has 0 fully saturated rings. The summed E-state index contributed by atoms with van der Waals surface area (Å²) in [4.78, 5) is 20.4. The Labute approximate surface area is 197 Å². The van der Waals surface area contributed by atoms with E-state index in [-0.39, 0.29) is 12.3 Å². The van der Waals surface area contributed by atoms with Gasteiger partial charge in [-0.25, -0.2) is 9.97 Å². The number of hydrogen-bond acceptors (Lipinski definition) is 5. The highest BCUT2D eigenvalue weighted by Crippen LogP contribution is 2.25. The molecule has 4 aromatic rings. The normalized spacial score (nSPS) is 12.2. The molecule has 34 heavy (non-hydrogen) atoms. The summed E-state index contributed by atoms with van der Waals surface area (Å²) in [5.41, 5.74) is 18.4. The zero-order chi connectivity index (χ0) is 24.6. The molecule has 176 valence electrons. The van der Waals surface area contributed by atoms with Gasteiger partial charge in [0.2, 0.25) is 0 Å². The number of aromatic nitrogens is 4. The van der Waals surface area contributed by atoms with Crippen LogP contribution in [0, 0.1) is 19.3 Å². The number of benzene rings is 2. The zero-order valence-electron chi connectivity index (χ0n) is 19.5. The van der Waals surface area contributed by atoms with Crippen LogP contribution in [0.25, 0.3) is 11.0 Å². The van der Waals surface area contributed by atoms with Crippen molar-refractivity contribution in [2.75, 3.05) is 0 Å². The fraction of sp³-hybridized carbons (Fsp3) is 0.280. The van der Waals surface area contributed by atoms with Crippen LogP contribution in [0.4, 0.5) is 0 Å². The van der Waals surface area contributed by atoms with Crippen LogP contribution in [-0.2, 0) is 24.8 Å². The predicted molar refractivity (Wildman–Crippen MR) is 131 cm³/mol. The second-order valence-corrected chi connectivity index (χ2v) is 8.54. The minimum Gasteiger partial charge on any atom is -0.481 e. The van der Waals surface area contributed by atoms with Gasteiger partial charge in [0.1, 0.15) is 17.5 Å². The number of carboxylic acids is 1. The third-order valence-corrected chi connectivity index (χ3v) is 6.28. The van der Waals surface area contributed by atoms with E-state index >= 15 is 0 Å². The Bertz CT molecular complexity index is 1380. The highest BCUT2D eigenvalue weighted by atomic mass is 16.4. The minimum atomic E-state index is -0.834. The molecule has 0 spiro atoms. The standard InChI is InChI=1S/C25H29N7O2/c1-14-15(2)32(21(29-14)10-11-22(33)34)13-16-4-9-20-19(12-16)30-25(31(20)3)23(26)17-5-7-18(8-6-17)24(27)28/h4-9,12,23H,10-11,13,26H2,1-3H3,(H3,27,28)(H,33,34). The van der Waals surface area contributed by atoms with Crippen LogP contribution in [0.15, 0.2) is 42.5 Å². The molecule has 2 heterocycles. The lowest BCUT2D eigenvalue weighted by molar-refractivity contribution is -0.137. The molecule has 0 amide bonds. The van der Waals surface area contributed by atoms with Gasteiger partial charge in [-0.3, -0.25) is 10.2 Å². The number of nitrogens with two attached hydrogens (primary N) is 2. The number of hydrogen-bond donors (Lipinski definition) is 4. The molecule has 0 saturated carbocycles. The molecule has 6 N–H and O–H groups in total. The van der Waals surface area contributed by atoms with Crippen LogP contribution in [0.5, 0.6) is 0 Å². The van der Waals surface area contributed by atoms with E-state index in [0.29, 0.717) is 18.5 Å². The number of amidine groups is 1. The first kappa shape index (κ1) is 23.2. The molecule has 9 nitrogen and oxygen atoms in total. The SMILES string of the molecule is Cc1nc(CCC(=O)O)n(Cc2ccc3c(c2)nc(C(N)c2ccc(C(=N)N)cc2)n3C)c1C. The molecule has 1 unspecified atom stereocenters. The quantitative estimate of drug-likeness (QED) is 0.235. The van der Waals surface area contributed by atoms with Crippen LogP contribution in [0.3, 0.4) is 0 Å². The summed E-state index contributed by atoms with van der Waals surface area (Å²) in [6.07, 6.45) is 0.432. The van der Waals surface area contributed by atoms with E-state index in [0.717, 1.165) is 45.2 Å². The molecule has 1 atom stereocenters. The predicted octanol–water partition coefficient (Wildman–Crippen LogP) is 2.78. The molecule has 0 aliphatic rings. The first-order valence-electron chi connectivity index (χ1n) is 11.0. The Morgan fingerprint density at radius 2 is 1.85 bits per heavy atom. The summed E-state index contributed by atoms with van der Waals surface area (Å²) < 4.78 is 4.07. The lowest BCUT2D eigenvalue weighted by Crippen LogP contribution is -2.17. The van der Waals surface area contributed by atoms with Gasteiger partial charge >= 0.3 is 5.97 Å². The van der Waals surface area contributed by atoms with Gasteiger partial charge in [-0.15, -0.1) is 0 Å². The molecular formula is C25H29N7O2. The number of fused-ring (bicyclic) bond motifs is 1. The molecule has 0 saturated heterocycles. The van der Waals surface area contributed by atoms with Crippen LogP contribution in [0.1, 0.15) is 52.2 Å². The maximum absolute atomic E-state index is 11.0. The summed E-state index contributed by atoms with van der Waals surface area (Å²) in [5.74, 6) is 0.694. The van der Waals surface area contributed by atoms with E-state index in [2.05, 4.69) is 15.6 Å². The molecule has 0 aliphatic carbocycles. The number of aliphatic carboxylic acids is 1. The second kappa shape index (κ2) is 9.11. The van der Waals surface area contributed by atoms with E-state index in [9.17, 15) is 4.79 Å². The fourth-order valence-electron chi connectivity index (χ4n) is 4.19. The smallest absolute Gasteiger partial charge is 0.303 e. The number of imidazole rings is 2. The maximum Gasteiger partial charge on any atom is 0.303 e. The van der Waals surface area contributed by atoms with Crippen molar-refractivity contribution in [2.24, 2.45) is 18.5 Å². The largest absolute Gasteiger partial charge is 0.481 e. The Morgan fingerprint density at radius 1 is 1.15 bits per heavy atom. The van der Waals surface area contributed by atoms with Gasteiger partial charge < -0.3 is 25.7 Å². The van der Waals surface area contributed by atoms with Gasteiger partial charge in [-0.05, 0) is 37.1 Å². The van der Waals surface area contributed by atoms with Crippen LogP contribution >= 0.6 is 0 Å². The maximum atomic E-state index is 11.0. The average Bonchev–Trinajstić information content (AvgIpc) is 3.28. The fourth-order valence-corrected chi connectivity index (χ4v) is 4.19. The summed E-state index contributed by atoms with van der Waals surface area (Å²) in [6, 6.07) is 13.0. The number of rotatable bonds is 8. The Hall–Kier alpha value is -3.98. The Balaban J connectivity index is 1.64. The number of aryl methyl sites for hydroxylation is 3. The molecule has 0 radical (unpaired) electrons. The van der Waals surface area contributed by atoms with Crippen LogP contribution in [0.2, 0.25) is 0 Å². The van der Waals surface area contributed by atoms with Crippen LogP contribution < -0.4 is 11.5 Å². The van der Waals surface area contributed by atoms with Crippen molar-refractivity contribution in [2.45, 2.75) is 39.3 Å². The number of nitrogens with zero attached hydrogens (tertiary/aromatic N) is 4. The first-order chi connectivity index (χ1) is 16.2. The van der Waals surface area contributed by atoms with E-state index < -0.39 is 12.0 Å². The molecule has 0 bridgehead atoms. The first-order valence-corrected chi connectivity index (χ1v) is 11.0. The van der Waals surface area contributed by atoms with E-state index in [1.165, 1.54) is 0 Å². The molecule has 0 aliphatic heterocycles.